The van der Waals surface area contributed by atoms with Crippen molar-refractivity contribution in [3.05, 3.63) is 47.8 Å². The largest absolute Gasteiger partial charge is 0.322 e. The van der Waals surface area contributed by atoms with Crippen molar-refractivity contribution in [3.63, 3.8) is 0 Å². The Bertz CT molecular complexity index is 1200. The summed E-state index contributed by atoms with van der Waals surface area (Å²) in [5.41, 5.74) is 2.97. The molecular formula is C20H23N5O3S. The van der Waals surface area contributed by atoms with Gasteiger partial charge in [0, 0.05) is 24.0 Å². The fraction of sp³-hybridized carbons (Fsp3) is 0.350. The first kappa shape index (κ1) is 19.4. The maximum atomic E-state index is 13.0. The number of hydrogen-bond donors (Lipinski definition) is 1. The molecule has 0 unspecified atom stereocenters. The van der Waals surface area contributed by atoms with Crippen LogP contribution in [0, 0.1) is 6.92 Å². The molecule has 2 aromatic heterocycles. The number of carbonyl (C=O) groups excluding carboxylic acids is 1. The van der Waals surface area contributed by atoms with E-state index >= 15 is 0 Å². The van der Waals surface area contributed by atoms with E-state index in [-0.39, 0.29) is 17.7 Å². The molecular weight excluding hydrogens is 390 g/mol. The van der Waals surface area contributed by atoms with Crippen molar-refractivity contribution >= 4 is 38.3 Å². The maximum Gasteiger partial charge on any atom is 0.256 e. The quantitative estimate of drug-likeness (QED) is 0.709. The number of nitrogens with zero attached hydrogens (tertiary/aromatic N) is 4. The normalized spacial score (nSPS) is 15.9. The molecule has 1 aliphatic rings. The second-order valence-corrected chi connectivity index (χ2v) is 9.49. The van der Waals surface area contributed by atoms with Gasteiger partial charge in [0.1, 0.15) is 0 Å². The molecule has 29 heavy (non-hydrogen) atoms. The number of pyridine rings is 1. The number of aryl methyl sites for hydroxylation is 1. The lowest BCUT2D eigenvalue weighted by Crippen LogP contribution is -2.25. The number of amides is 1. The summed E-state index contributed by atoms with van der Waals surface area (Å²) in [6.45, 7) is 6.31. The van der Waals surface area contributed by atoms with Crippen molar-refractivity contribution in [2.75, 3.05) is 21.9 Å². The number of carbonyl (C=O) groups is 1. The summed E-state index contributed by atoms with van der Waals surface area (Å²) in [6.07, 6.45) is 2.26. The Labute approximate surface area is 169 Å². The van der Waals surface area contributed by atoms with Gasteiger partial charge in [0.2, 0.25) is 10.0 Å². The molecule has 0 bridgehead atoms. The van der Waals surface area contributed by atoms with E-state index in [0.717, 1.165) is 5.69 Å². The molecule has 1 fully saturated rings. The number of aromatic nitrogens is 3. The zero-order valence-corrected chi connectivity index (χ0v) is 17.4. The average Bonchev–Trinajstić information content (AvgIpc) is 3.23. The van der Waals surface area contributed by atoms with Gasteiger partial charge in [0.25, 0.3) is 5.91 Å². The topological polar surface area (TPSA) is 97.2 Å². The summed E-state index contributed by atoms with van der Waals surface area (Å²) in [5, 5.41) is 7.93. The van der Waals surface area contributed by atoms with Gasteiger partial charge >= 0.3 is 0 Å². The highest BCUT2D eigenvalue weighted by Gasteiger charge is 2.28. The van der Waals surface area contributed by atoms with Crippen molar-refractivity contribution in [3.8, 4) is 0 Å². The summed E-state index contributed by atoms with van der Waals surface area (Å²) in [6, 6.07) is 8.76. The van der Waals surface area contributed by atoms with E-state index in [1.165, 1.54) is 4.31 Å². The minimum absolute atomic E-state index is 0.122. The van der Waals surface area contributed by atoms with Gasteiger partial charge in [-0.2, -0.15) is 5.10 Å². The fourth-order valence-corrected chi connectivity index (χ4v) is 5.13. The van der Waals surface area contributed by atoms with Crippen LogP contribution in [-0.2, 0) is 10.0 Å². The smallest absolute Gasteiger partial charge is 0.256 e. The highest BCUT2D eigenvalue weighted by atomic mass is 32.2. The van der Waals surface area contributed by atoms with Gasteiger partial charge in [-0.1, -0.05) is 6.07 Å². The Morgan fingerprint density at radius 3 is 2.72 bits per heavy atom. The molecule has 1 amide bonds. The number of rotatable bonds is 4. The van der Waals surface area contributed by atoms with E-state index < -0.39 is 10.0 Å². The molecule has 0 saturated carbocycles. The predicted octanol–water partition coefficient (Wildman–Crippen LogP) is 3.11. The number of hydrogen-bond acceptors (Lipinski definition) is 5. The van der Waals surface area contributed by atoms with Gasteiger partial charge in [-0.15, -0.1) is 0 Å². The van der Waals surface area contributed by atoms with Crippen molar-refractivity contribution in [1.82, 2.24) is 14.8 Å². The van der Waals surface area contributed by atoms with Crippen molar-refractivity contribution in [2.45, 2.75) is 33.2 Å². The first-order valence-electron chi connectivity index (χ1n) is 9.53. The molecule has 0 atom stereocenters. The summed E-state index contributed by atoms with van der Waals surface area (Å²) in [7, 11) is -3.28. The van der Waals surface area contributed by atoms with Crippen LogP contribution in [-0.4, -0.2) is 41.4 Å². The van der Waals surface area contributed by atoms with Crippen LogP contribution in [0.3, 0.4) is 0 Å². The maximum absolute atomic E-state index is 13.0. The summed E-state index contributed by atoms with van der Waals surface area (Å²) < 4.78 is 27.5. The summed E-state index contributed by atoms with van der Waals surface area (Å²) in [5.74, 6) is -0.136. The Morgan fingerprint density at radius 1 is 1.24 bits per heavy atom. The van der Waals surface area contributed by atoms with Crippen LogP contribution in [0.5, 0.6) is 0 Å². The monoisotopic (exact) mass is 413 g/mol. The van der Waals surface area contributed by atoms with E-state index in [0.29, 0.717) is 40.9 Å². The lowest BCUT2D eigenvalue weighted by Gasteiger charge is -2.18. The van der Waals surface area contributed by atoms with Gasteiger partial charge in [-0.25, -0.2) is 18.1 Å². The molecule has 0 spiro atoms. The van der Waals surface area contributed by atoms with E-state index in [1.807, 2.05) is 20.8 Å². The Hall–Kier alpha value is -2.94. The Morgan fingerprint density at radius 2 is 2.03 bits per heavy atom. The molecule has 4 rings (SSSR count). The SMILES string of the molecule is Cc1cc(C(=O)Nc2cccc(N3CCCS3(=O)=O)c2)c2cnn(C(C)C)c2n1. The third kappa shape index (κ3) is 3.57. The summed E-state index contributed by atoms with van der Waals surface area (Å²) in [4.78, 5) is 17.5. The molecule has 8 nitrogen and oxygen atoms in total. The number of nitrogens with one attached hydrogen (secondary N) is 1. The van der Waals surface area contributed by atoms with Crippen molar-refractivity contribution < 1.29 is 13.2 Å². The number of sulfonamides is 1. The zero-order valence-electron chi connectivity index (χ0n) is 16.6. The molecule has 3 heterocycles. The number of benzene rings is 1. The van der Waals surface area contributed by atoms with Crippen LogP contribution in [0.1, 0.15) is 42.4 Å². The molecule has 9 heteroatoms. The van der Waals surface area contributed by atoms with Gasteiger partial charge in [-0.3, -0.25) is 9.10 Å². The number of fused-ring (bicyclic) bond motifs is 1. The molecule has 1 aromatic carbocycles. The van der Waals surface area contributed by atoms with Gasteiger partial charge in [0.05, 0.1) is 28.6 Å². The van der Waals surface area contributed by atoms with Crippen LogP contribution in [0.2, 0.25) is 0 Å². The molecule has 0 aliphatic carbocycles. The predicted molar refractivity (Wildman–Crippen MR) is 113 cm³/mol. The van der Waals surface area contributed by atoms with Gasteiger partial charge in [0.15, 0.2) is 5.65 Å². The van der Waals surface area contributed by atoms with E-state index in [9.17, 15) is 13.2 Å². The van der Waals surface area contributed by atoms with Gasteiger partial charge in [-0.05, 0) is 51.5 Å². The first-order chi connectivity index (χ1) is 13.8. The minimum Gasteiger partial charge on any atom is -0.322 e. The molecule has 3 aromatic rings. The minimum atomic E-state index is -3.28. The van der Waals surface area contributed by atoms with E-state index in [2.05, 4.69) is 15.4 Å². The van der Waals surface area contributed by atoms with E-state index in [4.69, 9.17) is 0 Å². The Kier molecular flexibility index (Phi) is 4.77. The van der Waals surface area contributed by atoms with Crippen LogP contribution in [0.4, 0.5) is 11.4 Å². The fourth-order valence-electron chi connectivity index (χ4n) is 3.58. The standard InChI is InChI=1S/C20H23N5O3S/c1-13(2)25-19-18(12-21-25)17(10-14(3)22-19)20(26)23-15-6-4-7-16(11-15)24-8-5-9-29(24,27)28/h4,6-7,10-13H,5,8-9H2,1-3H3,(H,23,26). The number of anilines is 2. The van der Waals surface area contributed by atoms with Crippen LogP contribution in [0.15, 0.2) is 36.5 Å². The van der Waals surface area contributed by atoms with Crippen LogP contribution >= 0.6 is 0 Å². The third-order valence-corrected chi connectivity index (χ3v) is 6.79. The summed E-state index contributed by atoms with van der Waals surface area (Å²) >= 11 is 0. The second-order valence-electron chi connectivity index (χ2n) is 7.48. The molecule has 1 aliphatic heterocycles. The highest BCUT2D eigenvalue weighted by Crippen LogP contribution is 2.27. The van der Waals surface area contributed by atoms with Crippen LogP contribution in [0.25, 0.3) is 11.0 Å². The third-order valence-electron chi connectivity index (χ3n) is 4.92. The average molecular weight is 414 g/mol. The molecule has 1 N–H and O–H groups in total. The van der Waals surface area contributed by atoms with Crippen molar-refractivity contribution in [2.24, 2.45) is 0 Å². The lowest BCUT2D eigenvalue weighted by atomic mass is 10.1. The first-order valence-corrected chi connectivity index (χ1v) is 11.1. The van der Waals surface area contributed by atoms with Crippen LogP contribution < -0.4 is 9.62 Å². The lowest BCUT2D eigenvalue weighted by molar-refractivity contribution is 0.102. The zero-order chi connectivity index (χ0) is 20.8. The van der Waals surface area contributed by atoms with Crippen molar-refractivity contribution in [1.29, 1.82) is 0 Å². The molecule has 152 valence electrons. The molecule has 0 radical (unpaired) electrons. The Balaban J connectivity index is 1.66. The van der Waals surface area contributed by atoms with Gasteiger partial charge < -0.3 is 5.32 Å². The molecule has 1 saturated heterocycles. The second kappa shape index (κ2) is 7.14. The highest BCUT2D eigenvalue weighted by molar-refractivity contribution is 7.93. The van der Waals surface area contributed by atoms with E-state index in [1.54, 1.807) is 41.2 Å².